The van der Waals surface area contributed by atoms with Crippen LogP contribution >= 0.6 is 23.2 Å². The van der Waals surface area contributed by atoms with Gasteiger partial charge < -0.3 is 9.64 Å². The van der Waals surface area contributed by atoms with E-state index in [1.165, 1.54) is 17.0 Å². The lowest BCUT2D eigenvalue weighted by Crippen LogP contribution is -2.52. The lowest BCUT2D eigenvalue weighted by molar-refractivity contribution is -0.129. The third kappa shape index (κ3) is 5.22. The summed E-state index contributed by atoms with van der Waals surface area (Å²) in [6, 6.07) is 14.0. The molecule has 40 heavy (non-hydrogen) atoms. The molecule has 2 atom stereocenters. The van der Waals surface area contributed by atoms with Crippen molar-refractivity contribution in [3.63, 3.8) is 0 Å². The number of amides is 1. The van der Waals surface area contributed by atoms with Gasteiger partial charge in [-0.25, -0.2) is 21.2 Å². The van der Waals surface area contributed by atoms with Crippen LogP contribution in [0.5, 0.6) is 5.75 Å². The third-order valence-electron chi connectivity index (χ3n) is 7.57. The maximum atomic E-state index is 14.3. The molecule has 12 heteroatoms. The van der Waals surface area contributed by atoms with Gasteiger partial charge in [0, 0.05) is 28.4 Å². The summed E-state index contributed by atoms with van der Waals surface area (Å²) in [5, 5.41) is 1.02. The van der Waals surface area contributed by atoms with Gasteiger partial charge in [0.05, 0.1) is 10.9 Å². The molecule has 3 aromatic carbocycles. The molecule has 1 amide bonds. The van der Waals surface area contributed by atoms with Gasteiger partial charge in [0.15, 0.2) is 19.7 Å². The first-order valence-electron chi connectivity index (χ1n) is 12.5. The number of rotatable bonds is 7. The van der Waals surface area contributed by atoms with Gasteiger partial charge in [-0.2, -0.15) is 0 Å². The molecule has 1 fully saturated rings. The summed E-state index contributed by atoms with van der Waals surface area (Å²) >= 11 is 12.3. The maximum absolute atomic E-state index is 14.3. The highest BCUT2D eigenvalue weighted by molar-refractivity contribution is 7.92. The molecule has 0 aromatic heterocycles. The second kappa shape index (κ2) is 10.6. The molecule has 7 nitrogen and oxygen atoms in total. The molecule has 1 aliphatic carbocycles. The van der Waals surface area contributed by atoms with E-state index in [2.05, 4.69) is 0 Å². The van der Waals surface area contributed by atoms with Crippen LogP contribution in [0.3, 0.4) is 0 Å². The van der Waals surface area contributed by atoms with Crippen molar-refractivity contribution in [1.29, 1.82) is 0 Å². The second-order valence-electron chi connectivity index (χ2n) is 10.2. The van der Waals surface area contributed by atoms with E-state index >= 15 is 0 Å². The Morgan fingerprint density at radius 1 is 1.05 bits per heavy atom. The van der Waals surface area contributed by atoms with Gasteiger partial charge in [0.1, 0.15) is 28.7 Å². The Balaban J connectivity index is 1.56. The number of ether oxygens (including phenoxy) is 1. The molecule has 0 unspecified atom stereocenters. The molecular weight excluding hydrogens is 600 g/mol. The van der Waals surface area contributed by atoms with Crippen molar-refractivity contribution in [3.8, 4) is 5.75 Å². The number of halogens is 3. The molecule has 1 heterocycles. The molecule has 0 saturated carbocycles. The summed E-state index contributed by atoms with van der Waals surface area (Å²) in [6.45, 7) is 0.220. The van der Waals surface area contributed by atoms with Crippen LogP contribution in [0.4, 0.5) is 4.39 Å². The van der Waals surface area contributed by atoms with Gasteiger partial charge in [-0.3, -0.25) is 4.79 Å². The zero-order valence-corrected chi connectivity index (χ0v) is 24.6. The van der Waals surface area contributed by atoms with Crippen LogP contribution in [0.25, 0.3) is 0 Å². The minimum absolute atomic E-state index is 0.0677. The number of aryl methyl sites for hydroxylation is 1. The van der Waals surface area contributed by atoms with Gasteiger partial charge >= 0.3 is 0 Å². The van der Waals surface area contributed by atoms with Gasteiger partial charge in [0.2, 0.25) is 5.91 Å². The van der Waals surface area contributed by atoms with E-state index in [-0.39, 0.29) is 24.5 Å². The number of sulfone groups is 2. The average Bonchev–Trinajstić information content (AvgIpc) is 3.30. The summed E-state index contributed by atoms with van der Waals surface area (Å²) in [6.07, 6.45) is 1.78. The fourth-order valence-electron chi connectivity index (χ4n) is 5.84. The molecule has 212 valence electrons. The molecule has 0 N–H and O–H groups in total. The van der Waals surface area contributed by atoms with E-state index in [4.69, 9.17) is 27.9 Å². The van der Waals surface area contributed by atoms with E-state index < -0.39 is 47.9 Å². The van der Waals surface area contributed by atoms with E-state index in [9.17, 15) is 26.0 Å². The van der Waals surface area contributed by atoms with Crippen molar-refractivity contribution in [1.82, 2.24) is 4.90 Å². The topological polar surface area (TPSA) is 97.8 Å². The van der Waals surface area contributed by atoms with E-state index in [0.29, 0.717) is 39.8 Å². The van der Waals surface area contributed by atoms with Crippen LogP contribution in [0, 0.1) is 5.82 Å². The van der Waals surface area contributed by atoms with Crippen molar-refractivity contribution in [2.75, 3.05) is 18.6 Å². The van der Waals surface area contributed by atoms with E-state index in [1.807, 2.05) is 0 Å². The minimum Gasteiger partial charge on any atom is -0.489 e. The Morgan fingerprint density at radius 2 is 1.77 bits per heavy atom. The Hall–Kier alpha value is -2.66. The smallest absolute Gasteiger partial charge is 0.238 e. The summed E-state index contributed by atoms with van der Waals surface area (Å²) in [7, 11) is -7.79. The van der Waals surface area contributed by atoms with Gasteiger partial charge in [-0.15, -0.1) is 0 Å². The summed E-state index contributed by atoms with van der Waals surface area (Å²) < 4.78 is 70.6. The average molecular weight is 627 g/mol. The largest absolute Gasteiger partial charge is 0.489 e. The Kier molecular flexibility index (Phi) is 7.67. The van der Waals surface area contributed by atoms with Crippen LogP contribution in [-0.4, -0.2) is 52.2 Å². The minimum atomic E-state index is -4.16. The quantitative estimate of drug-likeness (QED) is 0.344. The SMILES string of the molecule is CS(=O)(=O)CC(=O)N1CC[C@@]2(S(=O)(=O)c3ccc(F)cc3)c3ccc(OCc4cc(Cl)ccc4Cl)cc3CC[C@@H]12. The normalized spacial score (nSPS) is 20.6. The first-order chi connectivity index (χ1) is 18.8. The summed E-state index contributed by atoms with van der Waals surface area (Å²) in [5.41, 5.74) is 1.96. The lowest BCUT2D eigenvalue weighted by Gasteiger charge is -2.42. The van der Waals surface area contributed by atoms with Gasteiger partial charge in [0.25, 0.3) is 0 Å². The number of carbonyl (C=O) groups is 1. The molecule has 3 aromatic rings. The molecular formula is C28H26Cl2FNO6S2. The lowest BCUT2D eigenvalue weighted by atomic mass is 9.78. The van der Waals surface area contributed by atoms with Crippen molar-refractivity contribution in [2.45, 2.75) is 41.6 Å². The first kappa shape index (κ1) is 28.9. The third-order valence-corrected chi connectivity index (χ3v) is 11.5. The molecule has 1 aliphatic heterocycles. The van der Waals surface area contributed by atoms with E-state index in [1.54, 1.807) is 36.4 Å². The monoisotopic (exact) mass is 625 g/mol. The molecule has 0 spiro atoms. The number of benzene rings is 3. The highest BCUT2D eigenvalue weighted by Gasteiger charge is 2.60. The summed E-state index contributed by atoms with van der Waals surface area (Å²) in [4.78, 5) is 14.4. The zero-order chi connectivity index (χ0) is 28.9. The van der Waals surface area contributed by atoms with Crippen LogP contribution in [0.1, 0.15) is 29.5 Å². The van der Waals surface area contributed by atoms with Crippen LogP contribution < -0.4 is 4.74 Å². The van der Waals surface area contributed by atoms with Gasteiger partial charge in [-0.05, 0) is 85.0 Å². The summed E-state index contributed by atoms with van der Waals surface area (Å²) in [5.74, 6) is -1.41. The number of hydrogen-bond donors (Lipinski definition) is 0. The van der Waals surface area contributed by atoms with Crippen LogP contribution in [0.15, 0.2) is 65.6 Å². The fourth-order valence-corrected chi connectivity index (χ4v) is 9.19. The highest BCUT2D eigenvalue weighted by atomic mass is 35.5. The Bertz CT molecular complexity index is 1700. The van der Waals surface area contributed by atoms with E-state index in [0.717, 1.165) is 24.0 Å². The van der Waals surface area contributed by atoms with Crippen molar-refractivity contribution in [2.24, 2.45) is 0 Å². The Labute approximate surface area is 242 Å². The second-order valence-corrected chi connectivity index (χ2v) is 15.3. The number of likely N-dealkylation sites (tertiary alicyclic amines) is 1. The van der Waals surface area contributed by atoms with Crippen LogP contribution in [0.2, 0.25) is 10.0 Å². The highest BCUT2D eigenvalue weighted by Crippen LogP contribution is 2.53. The molecule has 1 saturated heterocycles. The first-order valence-corrected chi connectivity index (χ1v) is 16.8. The van der Waals surface area contributed by atoms with Crippen molar-refractivity contribution >= 4 is 48.8 Å². The number of carbonyl (C=O) groups excluding carboxylic acids is 1. The molecule has 0 bridgehead atoms. The number of fused-ring (bicyclic) bond motifs is 3. The number of nitrogens with zero attached hydrogens (tertiary/aromatic N) is 1. The van der Waals surface area contributed by atoms with Crippen molar-refractivity contribution < 1.29 is 30.8 Å². The molecule has 5 rings (SSSR count). The standard InChI is InChI=1S/C28H26Cl2FNO6S2/c1-39(34,35)17-27(33)32-13-12-28(40(36,37)23-7-4-21(31)5-8-23)24-9-6-22(15-18(24)2-11-26(28)32)38-16-19-14-20(29)3-10-25(19)30/h3-10,14-15,26H,2,11-13,16-17H2,1H3/t26-,28-/m1/s1. The predicted molar refractivity (Wildman–Crippen MR) is 151 cm³/mol. The fraction of sp³-hybridized carbons (Fsp3) is 0.321. The predicted octanol–water partition coefficient (Wildman–Crippen LogP) is 4.97. The van der Waals surface area contributed by atoms with Crippen molar-refractivity contribution in [3.05, 3.63) is 93.2 Å². The molecule has 2 aliphatic rings. The van der Waals surface area contributed by atoms with Gasteiger partial charge in [-0.1, -0.05) is 29.3 Å². The maximum Gasteiger partial charge on any atom is 0.238 e. The number of hydrogen-bond acceptors (Lipinski definition) is 6. The Morgan fingerprint density at radius 3 is 2.48 bits per heavy atom. The zero-order valence-electron chi connectivity index (χ0n) is 21.4. The van der Waals surface area contributed by atoms with Crippen LogP contribution in [-0.2, 0) is 42.2 Å². The molecule has 0 radical (unpaired) electrons.